The summed E-state index contributed by atoms with van der Waals surface area (Å²) in [6.07, 6.45) is 3.35. The molecule has 0 bridgehead atoms. The van der Waals surface area contributed by atoms with Gasteiger partial charge in [-0.25, -0.2) is 8.42 Å². The van der Waals surface area contributed by atoms with E-state index < -0.39 is 10.0 Å². The second-order valence-electron chi connectivity index (χ2n) is 8.52. The zero-order valence-corrected chi connectivity index (χ0v) is 18.2. The lowest BCUT2D eigenvalue weighted by Gasteiger charge is -2.38. The number of nitrogens with zero attached hydrogens (tertiary/aromatic N) is 3. The fourth-order valence-electron chi connectivity index (χ4n) is 4.74. The Kier molecular flexibility index (Phi) is 5.97. The van der Waals surface area contributed by atoms with Crippen molar-refractivity contribution in [2.75, 3.05) is 45.8 Å². The minimum Gasteiger partial charge on any atom is -0.373 e. The predicted molar refractivity (Wildman–Crippen MR) is 110 cm³/mol. The van der Waals surface area contributed by atoms with Gasteiger partial charge in [0.25, 0.3) is 0 Å². The molecule has 1 aliphatic carbocycles. The average molecular weight is 422 g/mol. The van der Waals surface area contributed by atoms with Crippen LogP contribution in [0.15, 0.2) is 23.1 Å². The van der Waals surface area contributed by atoms with E-state index >= 15 is 0 Å². The number of aryl methyl sites for hydroxylation is 2. The lowest BCUT2D eigenvalue weighted by molar-refractivity contribution is -0.137. The first kappa shape index (κ1) is 20.8. The molecule has 1 aromatic rings. The molecule has 0 spiro atoms. The highest BCUT2D eigenvalue weighted by Gasteiger charge is 2.32. The average Bonchev–Trinajstić information content (AvgIpc) is 3.15. The maximum Gasteiger partial charge on any atom is 0.243 e. The van der Waals surface area contributed by atoms with Gasteiger partial charge >= 0.3 is 0 Å². The molecule has 3 aliphatic rings. The van der Waals surface area contributed by atoms with Crippen molar-refractivity contribution in [2.24, 2.45) is 0 Å². The summed E-state index contributed by atoms with van der Waals surface area (Å²) in [6, 6.07) is 5.53. The molecular weight excluding hydrogens is 390 g/mol. The summed E-state index contributed by atoms with van der Waals surface area (Å²) in [5.41, 5.74) is 2.43. The molecule has 160 valence electrons. The second-order valence-corrected chi connectivity index (χ2v) is 10.5. The number of ether oxygens (including phenoxy) is 1. The molecule has 29 heavy (non-hydrogen) atoms. The molecule has 1 aromatic carbocycles. The molecule has 0 saturated carbocycles. The Morgan fingerprint density at radius 2 is 1.69 bits per heavy atom. The van der Waals surface area contributed by atoms with E-state index in [0.717, 1.165) is 37.9 Å². The number of sulfonamides is 1. The van der Waals surface area contributed by atoms with Gasteiger partial charge in [-0.3, -0.25) is 9.69 Å². The highest BCUT2D eigenvalue weighted by atomic mass is 32.2. The van der Waals surface area contributed by atoms with Crippen molar-refractivity contribution >= 4 is 15.9 Å². The number of fused-ring (bicyclic) bond motifs is 1. The number of piperazine rings is 1. The summed E-state index contributed by atoms with van der Waals surface area (Å²) in [6.45, 7) is 7.51. The highest BCUT2D eigenvalue weighted by Crippen LogP contribution is 2.26. The standard InChI is InChI=1S/C21H31N3O4S/c1-16-13-22(14-17(2)28-16)15-21(25)23-8-10-24(11-9-23)29(26,27)20-7-6-18-4-3-5-19(18)12-20/h6-7,12,16-17H,3-5,8-11,13-15H2,1-2H3/t16-,17+. The number of amides is 1. The van der Waals surface area contributed by atoms with E-state index in [1.165, 1.54) is 9.87 Å². The van der Waals surface area contributed by atoms with E-state index in [2.05, 4.69) is 4.90 Å². The van der Waals surface area contributed by atoms with Crippen molar-refractivity contribution < 1.29 is 17.9 Å². The van der Waals surface area contributed by atoms with Crippen LogP contribution in [0, 0.1) is 0 Å². The summed E-state index contributed by atoms with van der Waals surface area (Å²) in [7, 11) is -3.51. The van der Waals surface area contributed by atoms with Gasteiger partial charge in [-0.05, 0) is 56.4 Å². The number of rotatable bonds is 4. The van der Waals surface area contributed by atoms with Crippen LogP contribution in [0.2, 0.25) is 0 Å². The van der Waals surface area contributed by atoms with Gasteiger partial charge in [0, 0.05) is 39.3 Å². The molecule has 0 aromatic heterocycles. The van der Waals surface area contributed by atoms with E-state index in [9.17, 15) is 13.2 Å². The SMILES string of the molecule is C[C@@H]1CN(CC(=O)N2CCN(S(=O)(=O)c3ccc4c(c3)CCC4)CC2)C[C@H](C)O1. The van der Waals surface area contributed by atoms with Gasteiger partial charge in [0.15, 0.2) is 0 Å². The Morgan fingerprint density at radius 1 is 1.03 bits per heavy atom. The van der Waals surface area contributed by atoms with Crippen LogP contribution in [0.3, 0.4) is 0 Å². The third-order valence-electron chi connectivity index (χ3n) is 6.15. The Bertz CT molecular complexity index is 855. The first-order valence-corrected chi connectivity index (χ1v) is 12.0. The third-order valence-corrected chi connectivity index (χ3v) is 8.05. The normalized spacial score (nSPS) is 26.5. The molecule has 2 saturated heterocycles. The highest BCUT2D eigenvalue weighted by molar-refractivity contribution is 7.89. The number of benzene rings is 1. The zero-order chi connectivity index (χ0) is 20.6. The van der Waals surface area contributed by atoms with Crippen LogP contribution in [0.5, 0.6) is 0 Å². The summed E-state index contributed by atoms with van der Waals surface area (Å²) in [5, 5.41) is 0. The monoisotopic (exact) mass is 421 g/mol. The van der Waals surface area contributed by atoms with Crippen LogP contribution < -0.4 is 0 Å². The molecule has 0 radical (unpaired) electrons. The molecule has 4 rings (SSSR count). The van der Waals surface area contributed by atoms with Crippen LogP contribution in [0.1, 0.15) is 31.4 Å². The molecule has 8 heteroatoms. The largest absolute Gasteiger partial charge is 0.373 e. The van der Waals surface area contributed by atoms with E-state index in [-0.39, 0.29) is 18.1 Å². The quantitative estimate of drug-likeness (QED) is 0.729. The van der Waals surface area contributed by atoms with Crippen molar-refractivity contribution in [1.29, 1.82) is 0 Å². The number of carbonyl (C=O) groups is 1. The van der Waals surface area contributed by atoms with Gasteiger partial charge in [0.2, 0.25) is 15.9 Å². The van der Waals surface area contributed by atoms with Gasteiger partial charge in [-0.1, -0.05) is 6.07 Å². The van der Waals surface area contributed by atoms with Gasteiger partial charge in [0.05, 0.1) is 23.6 Å². The number of hydrogen-bond donors (Lipinski definition) is 0. The Morgan fingerprint density at radius 3 is 2.38 bits per heavy atom. The van der Waals surface area contributed by atoms with E-state index in [0.29, 0.717) is 37.6 Å². The van der Waals surface area contributed by atoms with Crippen molar-refractivity contribution in [3.63, 3.8) is 0 Å². The minimum atomic E-state index is -3.51. The molecular formula is C21H31N3O4S. The lowest BCUT2D eigenvalue weighted by Crippen LogP contribution is -2.54. The summed E-state index contributed by atoms with van der Waals surface area (Å²) >= 11 is 0. The summed E-state index contributed by atoms with van der Waals surface area (Å²) in [4.78, 5) is 17.0. The number of morpholine rings is 1. The van der Waals surface area contributed by atoms with Crippen molar-refractivity contribution in [2.45, 2.75) is 50.2 Å². The first-order chi connectivity index (χ1) is 13.8. The predicted octanol–water partition coefficient (Wildman–Crippen LogP) is 1.12. The van der Waals surface area contributed by atoms with Crippen LogP contribution in [0.4, 0.5) is 0 Å². The van der Waals surface area contributed by atoms with Crippen LogP contribution in [0.25, 0.3) is 0 Å². The fraction of sp³-hybridized carbons (Fsp3) is 0.667. The van der Waals surface area contributed by atoms with Crippen LogP contribution in [-0.4, -0.2) is 86.5 Å². The maximum absolute atomic E-state index is 13.1. The molecule has 2 atom stereocenters. The number of hydrogen-bond acceptors (Lipinski definition) is 5. The maximum atomic E-state index is 13.1. The molecule has 2 fully saturated rings. The molecule has 0 unspecified atom stereocenters. The minimum absolute atomic E-state index is 0.0703. The molecule has 7 nitrogen and oxygen atoms in total. The second kappa shape index (κ2) is 8.34. The zero-order valence-electron chi connectivity index (χ0n) is 17.3. The first-order valence-electron chi connectivity index (χ1n) is 10.6. The Hall–Kier alpha value is -1.48. The number of carbonyl (C=O) groups excluding carboxylic acids is 1. The van der Waals surface area contributed by atoms with Gasteiger partial charge in [-0.2, -0.15) is 4.31 Å². The van der Waals surface area contributed by atoms with Crippen molar-refractivity contribution in [1.82, 2.24) is 14.1 Å². The van der Waals surface area contributed by atoms with E-state index in [1.54, 1.807) is 11.0 Å². The van der Waals surface area contributed by atoms with E-state index in [1.807, 2.05) is 26.0 Å². The lowest BCUT2D eigenvalue weighted by atomic mass is 10.1. The van der Waals surface area contributed by atoms with Gasteiger partial charge in [-0.15, -0.1) is 0 Å². The fourth-order valence-corrected chi connectivity index (χ4v) is 6.21. The van der Waals surface area contributed by atoms with E-state index in [4.69, 9.17) is 4.74 Å². The topological polar surface area (TPSA) is 70.2 Å². The molecule has 1 amide bonds. The Balaban J connectivity index is 1.34. The molecule has 2 aliphatic heterocycles. The molecule has 2 heterocycles. The van der Waals surface area contributed by atoms with Crippen LogP contribution >= 0.6 is 0 Å². The third kappa shape index (κ3) is 4.50. The van der Waals surface area contributed by atoms with Crippen molar-refractivity contribution in [3.8, 4) is 0 Å². The summed E-state index contributed by atoms with van der Waals surface area (Å²) in [5.74, 6) is 0.0703. The molecule has 0 N–H and O–H groups in total. The Labute approximate surface area is 173 Å². The summed E-state index contributed by atoms with van der Waals surface area (Å²) < 4.78 is 33.4. The van der Waals surface area contributed by atoms with Crippen LogP contribution in [-0.2, 0) is 32.4 Å². The van der Waals surface area contributed by atoms with Gasteiger partial charge in [0.1, 0.15) is 0 Å². The van der Waals surface area contributed by atoms with Crippen molar-refractivity contribution in [3.05, 3.63) is 29.3 Å². The smallest absolute Gasteiger partial charge is 0.243 e. The van der Waals surface area contributed by atoms with Gasteiger partial charge < -0.3 is 9.64 Å².